The van der Waals surface area contributed by atoms with Gasteiger partial charge in [0.05, 0.1) is 17.4 Å². The van der Waals surface area contributed by atoms with Gasteiger partial charge in [-0.3, -0.25) is 4.68 Å². The molecule has 1 rings (SSSR count). The minimum atomic E-state index is 0.343. The largest absolute Gasteiger partial charge is 0.396 e. The molecule has 0 spiro atoms. The Balaban J connectivity index is 2.60. The molecular formula is C9H17N3O. The van der Waals surface area contributed by atoms with Crippen LogP contribution in [0.5, 0.6) is 0 Å². The fraction of sp³-hybridized carbons (Fsp3) is 0.667. The van der Waals surface area contributed by atoms with Gasteiger partial charge in [0.2, 0.25) is 0 Å². The molecule has 74 valence electrons. The van der Waals surface area contributed by atoms with Gasteiger partial charge in [0.1, 0.15) is 0 Å². The van der Waals surface area contributed by atoms with E-state index in [1.807, 2.05) is 17.8 Å². The fourth-order valence-electron chi connectivity index (χ4n) is 1.14. The third-order valence-corrected chi connectivity index (χ3v) is 2.15. The molecule has 0 saturated carbocycles. The minimum Gasteiger partial charge on any atom is -0.396 e. The molecule has 1 unspecified atom stereocenters. The predicted octanol–water partition coefficient (Wildman–Crippen LogP) is 1.37. The summed E-state index contributed by atoms with van der Waals surface area (Å²) in [6.07, 6.45) is 2.83. The van der Waals surface area contributed by atoms with Gasteiger partial charge < -0.3 is 10.5 Å². The van der Waals surface area contributed by atoms with Crippen molar-refractivity contribution in [2.75, 3.05) is 19.5 Å². The second-order valence-electron chi connectivity index (χ2n) is 3.28. The Kier molecular flexibility index (Phi) is 3.31. The topological polar surface area (TPSA) is 53.1 Å². The van der Waals surface area contributed by atoms with Crippen LogP contribution < -0.4 is 5.73 Å². The van der Waals surface area contributed by atoms with E-state index in [2.05, 4.69) is 12.0 Å². The van der Waals surface area contributed by atoms with Crippen LogP contribution in [-0.2, 0) is 4.74 Å². The number of nitrogens with zero attached hydrogens (tertiary/aromatic N) is 2. The van der Waals surface area contributed by atoms with Crippen LogP contribution >= 0.6 is 0 Å². The van der Waals surface area contributed by atoms with Crippen LogP contribution in [0.3, 0.4) is 0 Å². The molecule has 13 heavy (non-hydrogen) atoms. The van der Waals surface area contributed by atoms with E-state index >= 15 is 0 Å². The number of aryl methyl sites for hydroxylation is 1. The monoisotopic (exact) mass is 183 g/mol. The van der Waals surface area contributed by atoms with Crippen LogP contribution in [0, 0.1) is 6.92 Å². The summed E-state index contributed by atoms with van der Waals surface area (Å²) in [7, 11) is 1.70. The van der Waals surface area contributed by atoms with Crippen molar-refractivity contribution in [2.45, 2.75) is 26.3 Å². The van der Waals surface area contributed by atoms with Crippen molar-refractivity contribution in [3.63, 3.8) is 0 Å². The molecule has 1 aromatic heterocycles. The van der Waals surface area contributed by atoms with Crippen LogP contribution in [0.4, 0.5) is 5.69 Å². The van der Waals surface area contributed by atoms with Gasteiger partial charge in [0.25, 0.3) is 0 Å². The van der Waals surface area contributed by atoms with Gasteiger partial charge in [0, 0.05) is 19.9 Å². The molecule has 1 heterocycles. The smallest absolute Gasteiger partial charge is 0.0823 e. The average Bonchev–Trinajstić information content (AvgIpc) is 2.43. The number of hydrogen-bond donors (Lipinski definition) is 1. The van der Waals surface area contributed by atoms with Crippen molar-refractivity contribution >= 4 is 5.69 Å². The maximum absolute atomic E-state index is 5.69. The maximum atomic E-state index is 5.69. The quantitative estimate of drug-likeness (QED) is 0.767. The van der Waals surface area contributed by atoms with Crippen LogP contribution in [0.1, 0.15) is 25.1 Å². The Hall–Kier alpha value is -1.03. The summed E-state index contributed by atoms with van der Waals surface area (Å²) in [5.41, 5.74) is 7.34. The lowest BCUT2D eigenvalue weighted by Gasteiger charge is -2.10. The van der Waals surface area contributed by atoms with E-state index < -0.39 is 0 Å². The molecule has 1 atom stereocenters. The zero-order valence-electron chi connectivity index (χ0n) is 8.45. The highest BCUT2D eigenvalue weighted by molar-refractivity contribution is 5.39. The zero-order valence-corrected chi connectivity index (χ0v) is 8.45. The summed E-state index contributed by atoms with van der Waals surface area (Å²) in [5, 5.41) is 4.30. The zero-order chi connectivity index (χ0) is 9.84. The lowest BCUT2D eigenvalue weighted by Crippen LogP contribution is -2.08. The average molecular weight is 183 g/mol. The third-order valence-electron chi connectivity index (χ3n) is 2.15. The van der Waals surface area contributed by atoms with E-state index in [1.54, 1.807) is 7.11 Å². The third kappa shape index (κ3) is 2.45. The van der Waals surface area contributed by atoms with Gasteiger partial charge in [-0.1, -0.05) is 0 Å². The lowest BCUT2D eigenvalue weighted by molar-refractivity contribution is 0.178. The van der Waals surface area contributed by atoms with Crippen LogP contribution in [0.25, 0.3) is 0 Å². The summed E-state index contributed by atoms with van der Waals surface area (Å²) < 4.78 is 6.89. The highest BCUT2D eigenvalue weighted by atomic mass is 16.5. The second-order valence-corrected chi connectivity index (χ2v) is 3.28. The Morgan fingerprint density at radius 1 is 1.69 bits per heavy atom. The first-order chi connectivity index (χ1) is 6.15. The SMILES string of the molecule is COCCC(C)n1cc(N)c(C)n1. The molecule has 4 heteroatoms. The van der Waals surface area contributed by atoms with Crippen molar-refractivity contribution in [2.24, 2.45) is 0 Å². The van der Waals surface area contributed by atoms with Gasteiger partial charge in [-0.15, -0.1) is 0 Å². The normalized spacial score (nSPS) is 13.2. The molecule has 0 saturated heterocycles. The molecule has 2 N–H and O–H groups in total. The first kappa shape index (κ1) is 10.1. The van der Waals surface area contributed by atoms with Crippen molar-refractivity contribution < 1.29 is 4.74 Å². The van der Waals surface area contributed by atoms with Gasteiger partial charge in [0.15, 0.2) is 0 Å². The van der Waals surface area contributed by atoms with Gasteiger partial charge >= 0.3 is 0 Å². The standard InChI is InChI=1S/C9H17N3O/c1-7(4-5-13-3)12-6-9(10)8(2)11-12/h6-7H,4-5,10H2,1-3H3. The predicted molar refractivity (Wildman–Crippen MR) is 52.6 cm³/mol. The van der Waals surface area contributed by atoms with Crippen LogP contribution in [0.2, 0.25) is 0 Å². The van der Waals surface area contributed by atoms with Crippen molar-refractivity contribution in [1.29, 1.82) is 0 Å². The summed E-state index contributed by atoms with van der Waals surface area (Å²) in [4.78, 5) is 0. The number of aromatic nitrogens is 2. The first-order valence-electron chi connectivity index (χ1n) is 4.45. The van der Waals surface area contributed by atoms with Crippen molar-refractivity contribution in [3.8, 4) is 0 Å². The van der Waals surface area contributed by atoms with Crippen LogP contribution in [-0.4, -0.2) is 23.5 Å². The minimum absolute atomic E-state index is 0.343. The van der Waals surface area contributed by atoms with E-state index in [-0.39, 0.29) is 0 Å². The first-order valence-corrected chi connectivity index (χ1v) is 4.45. The summed E-state index contributed by atoms with van der Waals surface area (Å²) in [5.74, 6) is 0. The number of methoxy groups -OCH3 is 1. The number of rotatable bonds is 4. The Labute approximate surface area is 78.7 Å². The Bertz CT molecular complexity index is 250. The number of nitrogen functional groups attached to an aromatic ring is 1. The van der Waals surface area contributed by atoms with E-state index in [0.29, 0.717) is 6.04 Å². The molecule has 4 nitrogen and oxygen atoms in total. The maximum Gasteiger partial charge on any atom is 0.0823 e. The molecule has 0 aliphatic heterocycles. The molecule has 0 bridgehead atoms. The van der Waals surface area contributed by atoms with Gasteiger partial charge in [-0.2, -0.15) is 5.10 Å². The Morgan fingerprint density at radius 2 is 2.38 bits per heavy atom. The van der Waals surface area contributed by atoms with E-state index in [1.165, 1.54) is 0 Å². The molecule has 0 radical (unpaired) electrons. The summed E-state index contributed by atoms with van der Waals surface area (Å²) >= 11 is 0. The Morgan fingerprint density at radius 3 is 2.85 bits per heavy atom. The fourth-order valence-corrected chi connectivity index (χ4v) is 1.14. The number of hydrogen-bond acceptors (Lipinski definition) is 3. The van der Waals surface area contributed by atoms with Crippen LogP contribution in [0.15, 0.2) is 6.20 Å². The molecule has 0 aliphatic rings. The summed E-state index contributed by atoms with van der Waals surface area (Å²) in [6, 6.07) is 0.343. The van der Waals surface area contributed by atoms with Crippen molar-refractivity contribution in [1.82, 2.24) is 9.78 Å². The van der Waals surface area contributed by atoms with E-state index in [9.17, 15) is 0 Å². The molecule has 0 fully saturated rings. The molecule has 0 aliphatic carbocycles. The molecule has 0 amide bonds. The highest BCUT2D eigenvalue weighted by Gasteiger charge is 2.07. The summed E-state index contributed by atoms with van der Waals surface area (Å²) in [6.45, 7) is 4.76. The molecular weight excluding hydrogens is 166 g/mol. The number of nitrogens with two attached hydrogens (primary N) is 1. The highest BCUT2D eigenvalue weighted by Crippen LogP contribution is 2.14. The number of ether oxygens (including phenoxy) is 1. The van der Waals surface area contributed by atoms with E-state index in [4.69, 9.17) is 10.5 Å². The van der Waals surface area contributed by atoms with Crippen molar-refractivity contribution in [3.05, 3.63) is 11.9 Å². The molecule has 1 aromatic rings. The van der Waals surface area contributed by atoms with Gasteiger partial charge in [-0.05, 0) is 20.3 Å². The lowest BCUT2D eigenvalue weighted by atomic mass is 10.2. The second kappa shape index (κ2) is 4.28. The van der Waals surface area contributed by atoms with Gasteiger partial charge in [-0.25, -0.2) is 0 Å². The number of anilines is 1. The van der Waals surface area contributed by atoms with E-state index in [0.717, 1.165) is 24.4 Å². The molecule has 0 aromatic carbocycles.